The van der Waals surface area contributed by atoms with Gasteiger partial charge in [0, 0.05) is 19.0 Å². The summed E-state index contributed by atoms with van der Waals surface area (Å²) in [5.74, 6) is 0.108. The first kappa shape index (κ1) is 21.5. The highest BCUT2D eigenvalue weighted by molar-refractivity contribution is 5.91. The molecule has 1 saturated heterocycles. The van der Waals surface area contributed by atoms with Gasteiger partial charge in [-0.1, -0.05) is 65.0 Å². The third-order valence-electron chi connectivity index (χ3n) is 6.86. The molecule has 0 saturated carbocycles. The second-order valence-corrected chi connectivity index (χ2v) is 9.85. The summed E-state index contributed by atoms with van der Waals surface area (Å²) in [6.45, 7) is 15.0. The molecule has 1 aliphatic heterocycles. The Hall–Kier alpha value is -1.84. The normalized spacial score (nSPS) is 18.5. The zero-order valence-electron chi connectivity index (χ0n) is 18.3. The average Bonchev–Trinajstić information content (AvgIpc) is 3.08. The number of amides is 2. The van der Waals surface area contributed by atoms with E-state index in [1.165, 1.54) is 0 Å². The predicted molar refractivity (Wildman–Crippen MR) is 110 cm³/mol. The van der Waals surface area contributed by atoms with Crippen molar-refractivity contribution in [3.05, 3.63) is 35.9 Å². The van der Waals surface area contributed by atoms with Gasteiger partial charge in [0.25, 0.3) is 0 Å². The number of nitrogens with zero attached hydrogens (tertiary/aromatic N) is 2. The molecule has 0 N–H and O–H groups in total. The number of likely N-dealkylation sites (tertiary alicyclic amines) is 1. The van der Waals surface area contributed by atoms with Gasteiger partial charge in [0.2, 0.25) is 11.8 Å². The van der Waals surface area contributed by atoms with Gasteiger partial charge in [-0.05, 0) is 37.7 Å². The van der Waals surface area contributed by atoms with Gasteiger partial charge in [-0.3, -0.25) is 9.59 Å². The van der Waals surface area contributed by atoms with Gasteiger partial charge in [-0.2, -0.15) is 0 Å². The summed E-state index contributed by atoms with van der Waals surface area (Å²) in [5.41, 5.74) is -0.0413. The highest BCUT2D eigenvalue weighted by atomic mass is 16.2. The van der Waals surface area contributed by atoms with E-state index in [0.29, 0.717) is 6.54 Å². The molecular weight excluding hydrogens is 336 g/mol. The number of carbonyl (C=O) groups is 2. The molecule has 0 radical (unpaired) electrons. The van der Waals surface area contributed by atoms with E-state index in [2.05, 4.69) is 34.6 Å². The molecule has 2 amide bonds. The summed E-state index contributed by atoms with van der Waals surface area (Å²) in [7, 11) is 1.85. The minimum absolute atomic E-state index is 0.0272. The number of carbonyl (C=O) groups excluding carboxylic acids is 2. The SMILES string of the molecule is CN(C(=O)C1CCCN1C(=O)C(C)(C)C(C)(C)C)C(C)(C)c1ccccc1. The van der Waals surface area contributed by atoms with Crippen molar-refractivity contribution < 1.29 is 9.59 Å². The third-order valence-corrected chi connectivity index (χ3v) is 6.86. The highest BCUT2D eigenvalue weighted by Crippen LogP contribution is 2.41. The summed E-state index contributed by atoms with van der Waals surface area (Å²) >= 11 is 0. The van der Waals surface area contributed by atoms with Crippen molar-refractivity contribution in [3.63, 3.8) is 0 Å². The molecule has 1 heterocycles. The summed E-state index contributed by atoms with van der Waals surface area (Å²) in [6, 6.07) is 9.69. The van der Waals surface area contributed by atoms with E-state index >= 15 is 0 Å². The van der Waals surface area contributed by atoms with Crippen molar-refractivity contribution in [1.29, 1.82) is 0 Å². The lowest BCUT2D eigenvalue weighted by molar-refractivity contribution is -0.154. The summed E-state index contributed by atoms with van der Waals surface area (Å²) in [4.78, 5) is 30.3. The van der Waals surface area contributed by atoms with Crippen molar-refractivity contribution in [2.45, 2.75) is 72.9 Å². The minimum Gasteiger partial charge on any atom is -0.335 e. The Morgan fingerprint density at radius 1 is 1.00 bits per heavy atom. The van der Waals surface area contributed by atoms with Crippen molar-refractivity contribution in [1.82, 2.24) is 9.80 Å². The first-order chi connectivity index (χ1) is 12.3. The summed E-state index contributed by atoms with van der Waals surface area (Å²) < 4.78 is 0. The van der Waals surface area contributed by atoms with Crippen molar-refractivity contribution in [2.24, 2.45) is 10.8 Å². The van der Waals surface area contributed by atoms with E-state index in [0.717, 1.165) is 18.4 Å². The van der Waals surface area contributed by atoms with Crippen LogP contribution in [0.4, 0.5) is 0 Å². The number of likely N-dealkylation sites (N-methyl/N-ethyl adjacent to an activating group) is 1. The van der Waals surface area contributed by atoms with Crippen LogP contribution >= 0.6 is 0 Å². The molecule has 1 unspecified atom stereocenters. The Balaban J connectivity index is 2.26. The van der Waals surface area contributed by atoms with E-state index in [1.54, 1.807) is 0 Å². The molecule has 1 fully saturated rings. The van der Waals surface area contributed by atoms with E-state index in [4.69, 9.17) is 0 Å². The van der Waals surface area contributed by atoms with Gasteiger partial charge in [0.1, 0.15) is 6.04 Å². The molecule has 2 rings (SSSR count). The Morgan fingerprint density at radius 2 is 1.56 bits per heavy atom. The van der Waals surface area contributed by atoms with Gasteiger partial charge in [0.05, 0.1) is 5.54 Å². The van der Waals surface area contributed by atoms with Crippen LogP contribution in [0.15, 0.2) is 30.3 Å². The molecule has 1 atom stereocenters. The number of benzene rings is 1. The van der Waals surface area contributed by atoms with E-state index < -0.39 is 11.0 Å². The van der Waals surface area contributed by atoms with Crippen LogP contribution in [0.3, 0.4) is 0 Å². The smallest absolute Gasteiger partial charge is 0.245 e. The molecule has 1 aliphatic rings. The van der Waals surface area contributed by atoms with Gasteiger partial charge in [-0.25, -0.2) is 0 Å². The zero-order valence-corrected chi connectivity index (χ0v) is 18.3. The van der Waals surface area contributed by atoms with Crippen LogP contribution in [0.5, 0.6) is 0 Å². The average molecular weight is 373 g/mol. The fraction of sp³-hybridized carbons (Fsp3) is 0.652. The molecule has 0 aromatic heterocycles. The lowest BCUT2D eigenvalue weighted by atomic mass is 9.68. The number of hydrogen-bond donors (Lipinski definition) is 0. The molecule has 0 spiro atoms. The van der Waals surface area contributed by atoms with Crippen LogP contribution in [-0.2, 0) is 15.1 Å². The summed E-state index contributed by atoms with van der Waals surface area (Å²) in [5, 5.41) is 0. The quantitative estimate of drug-likeness (QED) is 0.784. The summed E-state index contributed by atoms with van der Waals surface area (Å²) in [6.07, 6.45) is 1.61. The minimum atomic E-state index is -0.524. The van der Waals surface area contributed by atoms with Crippen molar-refractivity contribution in [2.75, 3.05) is 13.6 Å². The lowest BCUT2D eigenvalue weighted by Gasteiger charge is -2.43. The molecule has 4 nitrogen and oxygen atoms in total. The first-order valence-electron chi connectivity index (χ1n) is 9.96. The van der Waals surface area contributed by atoms with Crippen LogP contribution in [-0.4, -0.2) is 41.2 Å². The van der Waals surface area contributed by atoms with Gasteiger partial charge >= 0.3 is 0 Å². The van der Waals surface area contributed by atoms with Gasteiger partial charge in [-0.15, -0.1) is 0 Å². The number of hydrogen-bond acceptors (Lipinski definition) is 2. The Bertz CT molecular complexity index is 686. The molecule has 0 aliphatic carbocycles. The first-order valence-corrected chi connectivity index (χ1v) is 9.96. The fourth-order valence-corrected chi connectivity index (χ4v) is 3.49. The molecular formula is C23H36N2O2. The number of rotatable bonds is 4. The van der Waals surface area contributed by atoms with Crippen LogP contribution in [0.25, 0.3) is 0 Å². The van der Waals surface area contributed by atoms with Gasteiger partial charge in [0.15, 0.2) is 0 Å². The van der Waals surface area contributed by atoms with E-state index in [9.17, 15) is 9.59 Å². The third kappa shape index (κ3) is 3.90. The molecule has 4 heteroatoms. The Labute approximate surface area is 164 Å². The second-order valence-electron chi connectivity index (χ2n) is 9.85. The van der Waals surface area contributed by atoms with Gasteiger partial charge < -0.3 is 9.80 Å². The lowest BCUT2D eigenvalue weighted by Crippen LogP contribution is -2.55. The maximum Gasteiger partial charge on any atom is 0.245 e. The Morgan fingerprint density at radius 3 is 2.07 bits per heavy atom. The van der Waals surface area contributed by atoms with Crippen molar-refractivity contribution in [3.8, 4) is 0 Å². The van der Waals surface area contributed by atoms with Crippen LogP contribution in [0.1, 0.15) is 66.9 Å². The van der Waals surface area contributed by atoms with E-state index in [-0.39, 0.29) is 23.3 Å². The predicted octanol–water partition coefficient (Wildman–Crippen LogP) is 4.44. The van der Waals surface area contributed by atoms with Crippen molar-refractivity contribution >= 4 is 11.8 Å². The molecule has 1 aromatic carbocycles. The van der Waals surface area contributed by atoms with Crippen LogP contribution in [0.2, 0.25) is 0 Å². The largest absolute Gasteiger partial charge is 0.335 e. The highest BCUT2D eigenvalue weighted by Gasteiger charge is 2.47. The molecule has 0 bridgehead atoms. The molecule has 1 aromatic rings. The topological polar surface area (TPSA) is 40.6 Å². The maximum atomic E-state index is 13.4. The molecule has 27 heavy (non-hydrogen) atoms. The fourth-order valence-electron chi connectivity index (χ4n) is 3.49. The monoisotopic (exact) mass is 372 g/mol. The second kappa shape index (κ2) is 7.29. The Kier molecular flexibility index (Phi) is 5.79. The van der Waals surface area contributed by atoms with Crippen LogP contribution < -0.4 is 0 Å². The molecule has 150 valence electrons. The standard InChI is InChI=1S/C23H36N2O2/c1-21(2,3)22(4,5)20(27)25-16-12-15-18(25)19(26)24(8)23(6,7)17-13-10-9-11-14-17/h9-11,13-14,18H,12,15-16H2,1-8H3. The van der Waals surface area contributed by atoms with Crippen LogP contribution in [0, 0.1) is 10.8 Å². The maximum absolute atomic E-state index is 13.4. The zero-order chi connectivity index (χ0) is 20.6. The van der Waals surface area contributed by atoms with E-state index in [1.807, 2.05) is 61.0 Å².